The van der Waals surface area contributed by atoms with Crippen LogP contribution in [0.1, 0.15) is 31.3 Å². The Labute approximate surface area is 111 Å². The summed E-state index contributed by atoms with van der Waals surface area (Å²) >= 11 is 1.79. The van der Waals surface area contributed by atoms with Crippen LogP contribution in [0.3, 0.4) is 0 Å². The fourth-order valence-corrected chi connectivity index (χ4v) is 3.37. The highest BCUT2D eigenvalue weighted by atomic mass is 32.1. The van der Waals surface area contributed by atoms with Gasteiger partial charge in [0.15, 0.2) is 0 Å². The third-order valence-corrected chi connectivity index (χ3v) is 4.23. The molecule has 0 saturated heterocycles. The quantitative estimate of drug-likeness (QED) is 0.547. The first-order valence-electron chi connectivity index (χ1n) is 6.26. The van der Waals surface area contributed by atoms with E-state index >= 15 is 0 Å². The predicted octanol–water partition coefficient (Wildman–Crippen LogP) is 5.06. The summed E-state index contributed by atoms with van der Waals surface area (Å²) < 4.78 is 1.30. The molecule has 2 aromatic carbocycles. The Balaban J connectivity index is 2.54. The third-order valence-electron chi connectivity index (χ3n) is 3.32. The van der Waals surface area contributed by atoms with Gasteiger partial charge in [-0.3, -0.25) is 0 Å². The van der Waals surface area contributed by atoms with Crippen molar-refractivity contribution in [3.05, 3.63) is 40.9 Å². The van der Waals surface area contributed by atoms with Gasteiger partial charge in [0.05, 0.1) is 15.2 Å². The molecule has 0 amide bonds. The van der Waals surface area contributed by atoms with E-state index in [0.29, 0.717) is 0 Å². The Morgan fingerprint density at radius 3 is 2.39 bits per heavy atom. The Bertz CT molecular complexity index is 732. The van der Waals surface area contributed by atoms with E-state index in [2.05, 4.69) is 63.0 Å². The maximum Gasteiger partial charge on any atom is 0.0908 e. The topological polar surface area (TPSA) is 12.9 Å². The first-order chi connectivity index (χ1) is 8.47. The second kappa shape index (κ2) is 3.79. The van der Waals surface area contributed by atoms with Gasteiger partial charge in [0, 0.05) is 5.39 Å². The van der Waals surface area contributed by atoms with Gasteiger partial charge in [0.2, 0.25) is 0 Å². The third kappa shape index (κ3) is 1.72. The Morgan fingerprint density at radius 2 is 1.72 bits per heavy atom. The Kier molecular flexibility index (Phi) is 2.46. The zero-order chi connectivity index (χ0) is 12.9. The molecule has 0 atom stereocenters. The maximum atomic E-state index is 4.68. The van der Waals surface area contributed by atoms with Crippen LogP contribution in [-0.4, -0.2) is 4.98 Å². The van der Waals surface area contributed by atoms with Gasteiger partial charge in [-0.1, -0.05) is 45.0 Å². The summed E-state index contributed by atoms with van der Waals surface area (Å²) in [6.07, 6.45) is 0. The molecule has 0 aliphatic carbocycles. The van der Waals surface area contributed by atoms with Crippen molar-refractivity contribution in [3.63, 3.8) is 0 Å². The minimum atomic E-state index is 0.158. The van der Waals surface area contributed by atoms with Gasteiger partial charge in [-0.2, -0.15) is 0 Å². The van der Waals surface area contributed by atoms with Crippen LogP contribution in [0.5, 0.6) is 0 Å². The lowest BCUT2D eigenvalue weighted by atomic mass is 9.83. The van der Waals surface area contributed by atoms with Crippen LogP contribution in [0.4, 0.5) is 0 Å². The summed E-state index contributed by atoms with van der Waals surface area (Å²) in [5, 5.41) is 3.76. The van der Waals surface area contributed by atoms with Crippen molar-refractivity contribution < 1.29 is 0 Å². The van der Waals surface area contributed by atoms with Crippen LogP contribution in [0, 0.1) is 6.92 Å². The number of thiazole rings is 1. The minimum absolute atomic E-state index is 0.158. The lowest BCUT2D eigenvalue weighted by Gasteiger charge is -2.21. The number of hydrogen-bond donors (Lipinski definition) is 0. The van der Waals surface area contributed by atoms with Gasteiger partial charge in [-0.05, 0) is 29.4 Å². The van der Waals surface area contributed by atoms with E-state index in [1.165, 1.54) is 21.0 Å². The fourth-order valence-electron chi connectivity index (χ4n) is 2.49. The van der Waals surface area contributed by atoms with E-state index in [-0.39, 0.29) is 5.41 Å². The van der Waals surface area contributed by atoms with E-state index in [0.717, 1.165) is 10.5 Å². The van der Waals surface area contributed by atoms with Crippen LogP contribution < -0.4 is 0 Å². The summed E-state index contributed by atoms with van der Waals surface area (Å²) in [5.74, 6) is 0. The van der Waals surface area contributed by atoms with Crippen molar-refractivity contribution in [3.8, 4) is 0 Å². The molecule has 0 unspecified atom stereocenters. The van der Waals surface area contributed by atoms with Crippen molar-refractivity contribution in [2.75, 3.05) is 0 Å². The minimum Gasteiger partial charge on any atom is -0.241 e. The highest BCUT2D eigenvalue weighted by Gasteiger charge is 2.19. The number of benzene rings is 2. The molecule has 3 aromatic rings. The first-order valence-corrected chi connectivity index (χ1v) is 7.08. The van der Waals surface area contributed by atoms with Gasteiger partial charge in [-0.25, -0.2) is 4.98 Å². The number of aryl methyl sites for hydroxylation is 1. The molecule has 0 aliphatic rings. The van der Waals surface area contributed by atoms with Crippen LogP contribution in [0.15, 0.2) is 30.3 Å². The van der Waals surface area contributed by atoms with Gasteiger partial charge >= 0.3 is 0 Å². The lowest BCUT2D eigenvalue weighted by Crippen LogP contribution is -2.11. The van der Waals surface area contributed by atoms with Gasteiger partial charge in [0.1, 0.15) is 0 Å². The van der Waals surface area contributed by atoms with Gasteiger partial charge < -0.3 is 0 Å². The molecule has 0 spiro atoms. The normalized spacial score (nSPS) is 12.4. The Hall–Kier alpha value is -1.41. The van der Waals surface area contributed by atoms with Crippen LogP contribution in [0.2, 0.25) is 0 Å². The fraction of sp³-hybridized carbons (Fsp3) is 0.312. The highest BCUT2D eigenvalue weighted by molar-refractivity contribution is 7.18. The smallest absolute Gasteiger partial charge is 0.0908 e. The second-order valence-electron chi connectivity index (χ2n) is 5.80. The van der Waals surface area contributed by atoms with E-state index in [1.807, 2.05) is 0 Å². The largest absolute Gasteiger partial charge is 0.241 e. The average Bonchev–Trinajstić information content (AvgIpc) is 2.67. The van der Waals surface area contributed by atoms with Crippen molar-refractivity contribution in [2.24, 2.45) is 0 Å². The molecule has 18 heavy (non-hydrogen) atoms. The first kappa shape index (κ1) is 11.7. The number of fused-ring (bicyclic) bond motifs is 3. The molecule has 0 bridgehead atoms. The van der Waals surface area contributed by atoms with Crippen LogP contribution >= 0.6 is 11.3 Å². The molecular formula is C16H17NS. The summed E-state index contributed by atoms with van der Waals surface area (Å²) in [6.45, 7) is 8.90. The van der Waals surface area contributed by atoms with Crippen molar-refractivity contribution in [1.29, 1.82) is 0 Å². The summed E-state index contributed by atoms with van der Waals surface area (Å²) in [6, 6.07) is 10.9. The molecule has 0 fully saturated rings. The predicted molar refractivity (Wildman–Crippen MR) is 80.6 cm³/mol. The molecule has 0 radical (unpaired) electrons. The number of rotatable bonds is 0. The number of aromatic nitrogens is 1. The summed E-state index contributed by atoms with van der Waals surface area (Å²) in [4.78, 5) is 4.68. The molecule has 1 nitrogen and oxygen atoms in total. The molecule has 0 aliphatic heterocycles. The van der Waals surface area contributed by atoms with Crippen molar-refractivity contribution >= 4 is 32.3 Å². The molecular weight excluding hydrogens is 238 g/mol. The average molecular weight is 255 g/mol. The Morgan fingerprint density at radius 1 is 1.06 bits per heavy atom. The zero-order valence-electron chi connectivity index (χ0n) is 11.2. The highest BCUT2D eigenvalue weighted by Crippen LogP contribution is 2.36. The van der Waals surface area contributed by atoms with E-state index in [1.54, 1.807) is 11.3 Å². The molecule has 1 aromatic heterocycles. The second-order valence-corrected chi connectivity index (χ2v) is 7.03. The molecule has 2 heteroatoms. The van der Waals surface area contributed by atoms with E-state index in [9.17, 15) is 0 Å². The molecule has 0 saturated carbocycles. The van der Waals surface area contributed by atoms with Crippen molar-refractivity contribution in [2.45, 2.75) is 33.1 Å². The summed E-state index contributed by atoms with van der Waals surface area (Å²) in [7, 11) is 0. The zero-order valence-corrected chi connectivity index (χ0v) is 12.1. The monoisotopic (exact) mass is 255 g/mol. The van der Waals surface area contributed by atoms with Crippen molar-refractivity contribution in [1.82, 2.24) is 4.98 Å². The van der Waals surface area contributed by atoms with Crippen LogP contribution in [-0.2, 0) is 5.41 Å². The van der Waals surface area contributed by atoms with Gasteiger partial charge in [0.25, 0.3) is 0 Å². The summed E-state index contributed by atoms with van der Waals surface area (Å²) in [5.41, 5.74) is 2.72. The van der Waals surface area contributed by atoms with E-state index < -0.39 is 0 Å². The van der Waals surface area contributed by atoms with E-state index in [4.69, 9.17) is 0 Å². The maximum absolute atomic E-state index is 4.68. The molecule has 0 N–H and O–H groups in total. The number of nitrogens with zero attached hydrogens (tertiary/aromatic N) is 1. The molecule has 1 heterocycles. The molecule has 92 valence electrons. The molecule has 3 rings (SSSR count). The SMILES string of the molecule is Cc1nc2c(cc(C(C)(C)C)c3ccccc32)s1. The van der Waals surface area contributed by atoms with Gasteiger partial charge in [-0.15, -0.1) is 11.3 Å². The van der Waals surface area contributed by atoms with Crippen LogP contribution in [0.25, 0.3) is 21.0 Å². The standard InChI is InChI=1S/C16H17NS/c1-10-17-15-12-8-6-5-7-11(12)13(16(2,3)4)9-14(15)18-10/h5-9H,1-4H3. The lowest BCUT2D eigenvalue weighted by molar-refractivity contribution is 0.596. The number of hydrogen-bond acceptors (Lipinski definition) is 2.